The summed E-state index contributed by atoms with van der Waals surface area (Å²) in [5.74, 6) is 0.121. The van der Waals surface area contributed by atoms with E-state index >= 15 is 0 Å². The second kappa shape index (κ2) is 5.87. The number of benzene rings is 1. The van der Waals surface area contributed by atoms with Crippen molar-refractivity contribution in [3.63, 3.8) is 0 Å². The van der Waals surface area contributed by atoms with E-state index in [2.05, 4.69) is 10.5 Å². The number of hydrogen-bond donors (Lipinski definition) is 1. The third-order valence-electron chi connectivity index (χ3n) is 2.91. The van der Waals surface area contributed by atoms with E-state index in [1.165, 1.54) is 0 Å². The molecule has 1 saturated heterocycles. The number of halogens is 1. The van der Waals surface area contributed by atoms with Gasteiger partial charge in [0.15, 0.2) is 0 Å². The average Bonchev–Trinajstić information content (AvgIpc) is 2.33. The summed E-state index contributed by atoms with van der Waals surface area (Å²) in [5.41, 5.74) is 4.71. The number of hydrazone groups is 1. The van der Waals surface area contributed by atoms with Crippen molar-refractivity contribution in [2.75, 3.05) is 13.6 Å². The van der Waals surface area contributed by atoms with Crippen molar-refractivity contribution in [3.05, 3.63) is 34.9 Å². The Morgan fingerprint density at radius 1 is 1.50 bits per heavy atom. The molecule has 4 nitrogen and oxygen atoms in total. The first kappa shape index (κ1) is 12.9. The molecular weight excluding hydrogens is 250 g/mol. The molecular formula is C13H16ClN3O. The Hall–Kier alpha value is -1.55. The number of likely N-dealkylation sites (tertiary alicyclic amines) is 1. The minimum Gasteiger partial charge on any atom is -0.338 e. The van der Waals surface area contributed by atoms with E-state index in [1.807, 2.05) is 29.2 Å². The van der Waals surface area contributed by atoms with Crippen molar-refractivity contribution in [2.24, 2.45) is 5.10 Å². The van der Waals surface area contributed by atoms with Crippen LogP contribution in [-0.2, 0) is 11.3 Å². The summed E-state index contributed by atoms with van der Waals surface area (Å²) in [6, 6.07) is 7.61. The topological polar surface area (TPSA) is 44.7 Å². The van der Waals surface area contributed by atoms with Gasteiger partial charge in [-0.1, -0.05) is 23.7 Å². The SMILES string of the molecule is CNN=C1CCN(Cc2cccc(Cl)c2)C(=O)C1. The highest BCUT2D eigenvalue weighted by atomic mass is 35.5. The van der Waals surface area contributed by atoms with Crippen LogP contribution in [-0.4, -0.2) is 30.1 Å². The fourth-order valence-corrected chi connectivity index (χ4v) is 2.25. The molecule has 1 N–H and O–H groups in total. The first-order chi connectivity index (χ1) is 8.69. The molecule has 5 heteroatoms. The number of piperidine rings is 1. The van der Waals surface area contributed by atoms with Crippen LogP contribution in [0.15, 0.2) is 29.4 Å². The summed E-state index contributed by atoms with van der Waals surface area (Å²) in [4.78, 5) is 13.8. The van der Waals surface area contributed by atoms with Crippen LogP contribution >= 0.6 is 11.6 Å². The first-order valence-corrected chi connectivity index (χ1v) is 6.31. The van der Waals surface area contributed by atoms with Crippen LogP contribution in [0.3, 0.4) is 0 Å². The molecule has 0 unspecified atom stereocenters. The quantitative estimate of drug-likeness (QED) is 0.850. The highest BCUT2D eigenvalue weighted by Crippen LogP contribution is 2.16. The van der Waals surface area contributed by atoms with Crippen molar-refractivity contribution < 1.29 is 4.79 Å². The average molecular weight is 266 g/mol. The number of rotatable bonds is 3. The standard InChI is InChI=1S/C13H16ClN3O/c1-15-16-12-5-6-17(13(18)8-12)9-10-3-2-4-11(14)7-10/h2-4,7,15H,5-6,8-9H2,1H3. The van der Waals surface area contributed by atoms with Gasteiger partial charge in [0.05, 0.1) is 6.42 Å². The number of nitrogens with zero attached hydrogens (tertiary/aromatic N) is 2. The zero-order valence-electron chi connectivity index (χ0n) is 10.3. The summed E-state index contributed by atoms with van der Waals surface area (Å²) >= 11 is 5.93. The lowest BCUT2D eigenvalue weighted by Crippen LogP contribution is -2.38. The van der Waals surface area contributed by atoms with E-state index in [0.29, 0.717) is 24.5 Å². The van der Waals surface area contributed by atoms with E-state index < -0.39 is 0 Å². The molecule has 18 heavy (non-hydrogen) atoms. The smallest absolute Gasteiger partial charge is 0.228 e. The largest absolute Gasteiger partial charge is 0.338 e. The van der Waals surface area contributed by atoms with Crippen LogP contribution in [0, 0.1) is 0 Å². The summed E-state index contributed by atoms with van der Waals surface area (Å²) in [7, 11) is 1.75. The zero-order chi connectivity index (χ0) is 13.0. The molecule has 1 aliphatic heterocycles. The predicted molar refractivity (Wildman–Crippen MR) is 72.6 cm³/mol. The van der Waals surface area contributed by atoms with Gasteiger partial charge < -0.3 is 10.3 Å². The van der Waals surface area contributed by atoms with E-state index in [-0.39, 0.29) is 5.91 Å². The molecule has 1 heterocycles. The Bertz CT molecular complexity index is 473. The van der Waals surface area contributed by atoms with Crippen molar-refractivity contribution in [3.8, 4) is 0 Å². The molecule has 0 aliphatic carbocycles. The third-order valence-corrected chi connectivity index (χ3v) is 3.15. The van der Waals surface area contributed by atoms with Gasteiger partial charge >= 0.3 is 0 Å². The maximum absolute atomic E-state index is 12.0. The van der Waals surface area contributed by atoms with Gasteiger partial charge in [-0.05, 0) is 17.7 Å². The minimum atomic E-state index is 0.121. The van der Waals surface area contributed by atoms with Crippen LogP contribution < -0.4 is 5.43 Å². The van der Waals surface area contributed by atoms with Gasteiger partial charge in [0, 0.05) is 37.3 Å². The molecule has 0 aromatic heterocycles. The lowest BCUT2D eigenvalue weighted by atomic mass is 10.1. The van der Waals surface area contributed by atoms with Gasteiger partial charge in [-0.25, -0.2) is 0 Å². The molecule has 1 aromatic carbocycles. The Kier molecular flexibility index (Phi) is 4.20. The number of carbonyl (C=O) groups excluding carboxylic acids is 1. The lowest BCUT2D eigenvalue weighted by Gasteiger charge is -2.27. The van der Waals surface area contributed by atoms with Gasteiger partial charge in [0.25, 0.3) is 0 Å². The third kappa shape index (κ3) is 3.23. The molecule has 0 saturated carbocycles. The molecule has 1 fully saturated rings. The van der Waals surface area contributed by atoms with E-state index in [1.54, 1.807) is 7.05 Å². The van der Waals surface area contributed by atoms with Crippen molar-refractivity contribution in [1.29, 1.82) is 0 Å². The maximum atomic E-state index is 12.0. The summed E-state index contributed by atoms with van der Waals surface area (Å²) < 4.78 is 0. The first-order valence-electron chi connectivity index (χ1n) is 5.93. The summed E-state index contributed by atoms with van der Waals surface area (Å²) in [6.07, 6.45) is 1.23. The second-order valence-electron chi connectivity index (χ2n) is 4.27. The normalized spacial score (nSPS) is 18.2. The molecule has 0 radical (unpaired) electrons. The fraction of sp³-hybridized carbons (Fsp3) is 0.385. The Balaban J connectivity index is 1.99. The monoisotopic (exact) mass is 265 g/mol. The van der Waals surface area contributed by atoms with E-state index in [0.717, 1.165) is 17.7 Å². The van der Waals surface area contributed by atoms with Crippen LogP contribution in [0.1, 0.15) is 18.4 Å². The fourth-order valence-electron chi connectivity index (χ4n) is 2.04. The van der Waals surface area contributed by atoms with E-state index in [4.69, 9.17) is 11.6 Å². The number of amides is 1. The molecule has 1 amide bonds. The van der Waals surface area contributed by atoms with Crippen molar-refractivity contribution >= 4 is 23.2 Å². The summed E-state index contributed by atoms with van der Waals surface area (Å²) in [6.45, 7) is 1.33. The Labute approximate surface area is 112 Å². The highest BCUT2D eigenvalue weighted by Gasteiger charge is 2.22. The van der Waals surface area contributed by atoms with Crippen LogP contribution in [0.25, 0.3) is 0 Å². The van der Waals surface area contributed by atoms with Gasteiger partial charge in [0.2, 0.25) is 5.91 Å². The van der Waals surface area contributed by atoms with Crippen LogP contribution in [0.5, 0.6) is 0 Å². The highest BCUT2D eigenvalue weighted by molar-refractivity contribution is 6.30. The summed E-state index contributed by atoms with van der Waals surface area (Å²) in [5, 5.41) is 4.79. The molecule has 0 bridgehead atoms. The van der Waals surface area contributed by atoms with Crippen molar-refractivity contribution in [2.45, 2.75) is 19.4 Å². The molecule has 2 rings (SSSR count). The van der Waals surface area contributed by atoms with Gasteiger partial charge in [-0.15, -0.1) is 0 Å². The lowest BCUT2D eigenvalue weighted by molar-refractivity contribution is -0.131. The molecule has 1 aromatic rings. The molecule has 1 aliphatic rings. The van der Waals surface area contributed by atoms with Crippen LogP contribution in [0.2, 0.25) is 5.02 Å². The number of hydrogen-bond acceptors (Lipinski definition) is 3. The maximum Gasteiger partial charge on any atom is 0.228 e. The van der Waals surface area contributed by atoms with Gasteiger partial charge in [-0.2, -0.15) is 5.10 Å². The zero-order valence-corrected chi connectivity index (χ0v) is 11.1. The molecule has 96 valence electrons. The number of nitrogens with one attached hydrogen (secondary N) is 1. The van der Waals surface area contributed by atoms with Gasteiger partial charge in [-0.3, -0.25) is 4.79 Å². The van der Waals surface area contributed by atoms with E-state index in [9.17, 15) is 4.79 Å². The molecule has 0 atom stereocenters. The minimum absolute atomic E-state index is 0.121. The Morgan fingerprint density at radius 2 is 2.33 bits per heavy atom. The second-order valence-corrected chi connectivity index (χ2v) is 4.71. The van der Waals surface area contributed by atoms with Crippen molar-refractivity contribution in [1.82, 2.24) is 10.3 Å². The van der Waals surface area contributed by atoms with Crippen LogP contribution in [0.4, 0.5) is 0 Å². The molecule has 0 spiro atoms. The van der Waals surface area contributed by atoms with Gasteiger partial charge in [0.1, 0.15) is 0 Å². The predicted octanol–water partition coefficient (Wildman–Crippen LogP) is 2.04. The Morgan fingerprint density at radius 3 is 3.00 bits per heavy atom. The number of carbonyl (C=O) groups is 1.